The Labute approximate surface area is 156 Å². The van der Waals surface area contributed by atoms with Gasteiger partial charge in [-0.2, -0.15) is 4.98 Å². The fourth-order valence-electron chi connectivity index (χ4n) is 2.37. The van der Waals surface area contributed by atoms with Gasteiger partial charge in [0.25, 0.3) is 0 Å². The van der Waals surface area contributed by atoms with Gasteiger partial charge in [0.1, 0.15) is 23.1 Å². The Morgan fingerprint density at radius 1 is 0.963 bits per heavy atom. The zero-order valence-corrected chi connectivity index (χ0v) is 15.1. The summed E-state index contributed by atoms with van der Waals surface area (Å²) in [7, 11) is 3.92. The standard InChI is InChI=1S/C19H20F2N6/c1-27(2)11-10-23-19-24-16(15-8-3-4-9-22-15)12-17(26-19)25-18-13(20)6-5-7-14(18)21/h3-9,12H,10-11H2,1-2H3,(H2,23,24,25,26). The number of benzene rings is 1. The van der Waals surface area contributed by atoms with Crippen molar-refractivity contribution < 1.29 is 8.78 Å². The third-order valence-electron chi connectivity index (χ3n) is 3.71. The molecule has 140 valence electrons. The molecule has 2 aromatic heterocycles. The third kappa shape index (κ3) is 4.95. The van der Waals surface area contributed by atoms with Crippen molar-refractivity contribution in [1.82, 2.24) is 19.9 Å². The van der Waals surface area contributed by atoms with E-state index in [1.807, 2.05) is 25.1 Å². The molecular weight excluding hydrogens is 350 g/mol. The summed E-state index contributed by atoms with van der Waals surface area (Å²) in [6.07, 6.45) is 1.65. The maximum atomic E-state index is 14.0. The topological polar surface area (TPSA) is 66.0 Å². The second-order valence-corrected chi connectivity index (χ2v) is 6.13. The molecule has 0 fully saturated rings. The van der Waals surface area contributed by atoms with Crippen LogP contribution in [0.25, 0.3) is 11.4 Å². The molecule has 1 aromatic carbocycles. The number of rotatable bonds is 7. The summed E-state index contributed by atoms with van der Waals surface area (Å²) in [6, 6.07) is 10.7. The van der Waals surface area contributed by atoms with E-state index in [0.717, 1.165) is 6.54 Å². The van der Waals surface area contributed by atoms with Crippen molar-refractivity contribution in [2.24, 2.45) is 0 Å². The highest BCUT2D eigenvalue weighted by Gasteiger charge is 2.12. The van der Waals surface area contributed by atoms with Gasteiger partial charge in [-0.25, -0.2) is 13.8 Å². The maximum absolute atomic E-state index is 14.0. The van der Waals surface area contributed by atoms with Crippen LogP contribution >= 0.6 is 0 Å². The van der Waals surface area contributed by atoms with Crippen LogP contribution in [0.2, 0.25) is 0 Å². The molecular formula is C19H20F2N6. The van der Waals surface area contributed by atoms with Crippen LogP contribution in [0.3, 0.4) is 0 Å². The van der Waals surface area contributed by atoms with E-state index in [2.05, 4.69) is 25.6 Å². The lowest BCUT2D eigenvalue weighted by molar-refractivity contribution is 0.425. The van der Waals surface area contributed by atoms with Gasteiger partial charge in [0, 0.05) is 25.4 Å². The van der Waals surface area contributed by atoms with E-state index in [1.165, 1.54) is 18.2 Å². The molecule has 2 N–H and O–H groups in total. The van der Waals surface area contributed by atoms with Crippen molar-refractivity contribution in [3.05, 3.63) is 60.3 Å². The minimum atomic E-state index is -0.699. The summed E-state index contributed by atoms with van der Waals surface area (Å²) in [5.41, 5.74) is 0.909. The molecule has 27 heavy (non-hydrogen) atoms. The Balaban J connectivity index is 1.94. The van der Waals surface area contributed by atoms with E-state index >= 15 is 0 Å². The minimum absolute atomic E-state index is 0.262. The first-order valence-electron chi connectivity index (χ1n) is 8.43. The predicted octanol–water partition coefficient (Wildman–Crippen LogP) is 3.53. The Bertz CT molecular complexity index is 882. The second kappa shape index (κ2) is 8.50. The number of pyridine rings is 1. The molecule has 3 rings (SSSR count). The molecule has 0 saturated heterocycles. The van der Waals surface area contributed by atoms with E-state index in [0.29, 0.717) is 23.9 Å². The maximum Gasteiger partial charge on any atom is 0.225 e. The average molecular weight is 370 g/mol. The number of para-hydroxylation sites is 1. The Morgan fingerprint density at radius 2 is 1.74 bits per heavy atom. The molecule has 0 amide bonds. The van der Waals surface area contributed by atoms with Gasteiger partial charge in [-0.3, -0.25) is 4.98 Å². The first-order chi connectivity index (χ1) is 13.0. The van der Waals surface area contributed by atoms with Crippen molar-refractivity contribution in [2.45, 2.75) is 0 Å². The predicted molar refractivity (Wildman–Crippen MR) is 102 cm³/mol. The third-order valence-corrected chi connectivity index (χ3v) is 3.71. The molecule has 0 aliphatic rings. The van der Waals surface area contributed by atoms with Gasteiger partial charge in [-0.1, -0.05) is 12.1 Å². The molecule has 6 nitrogen and oxygen atoms in total. The highest BCUT2D eigenvalue weighted by atomic mass is 19.1. The van der Waals surface area contributed by atoms with E-state index in [-0.39, 0.29) is 11.5 Å². The van der Waals surface area contributed by atoms with Crippen LogP contribution in [0.15, 0.2) is 48.7 Å². The van der Waals surface area contributed by atoms with Crippen LogP contribution in [0.1, 0.15) is 0 Å². The molecule has 8 heteroatoms. The van der Waals surface area contributed by atoms with Gasteiger partial charge >= 0.3 is 0 Å². The van der Waals surface area contributed by atoms with E-state index in [9.17, 15) is 8.78 Å². The van der Waals surface area contributed by atoms with Crippen LogP contribution in [-0.2, 0) is 0 Å². The van der Waals surface area contributed by atoms with Gasteiger partial charge in [0.2, 0.25) is 5.95 Å². The second-order valence-electron chi connectivity index (χ2n) is 6.13. The smallest absolute Gasteiger partial charge is 0.225 e. The number of nitrogens with one attached hydrogen (secondary N) is 2. The molecule has 0 spiro atoms. The van der Waals surface area contributed by atoms with Crippen molar-refractivity contribution >= 4 is 17.5 Å². The highest BCUT2D eigenvalue weighted by molar-refractivity contribution is 5.65. The van der Waals surface area contributed by atoms with Crippen LogP contribution in [0.5, 0.6) is 0 Å². The lowest BCUT2D eigenvalue weighted by Crippen LogP contribution is -2.21. The van der Waals surface area contributed by atoms with Gasteiger partial charge in [-0.15, -0.1) is 0 Å². The van der Waals surface area contributed by atoms with Crippen molar-refractivity contribution in [2.75, 3.05) is 37.8 Å². The van der Waals surface area contributed by atoms with Crippen molar-refractivity contribution in [3.63, 3.8) is 0 Å². The monoisotopic (exact) mass is 370 g/mol. The summed E-state index contributed by atoms with van der Waals surface area (Å²) in [4.78, 5) is 15.1. The van der Waals surface area contributed by atoms with Crippen LogP contribution < -0.4 is 10.6 Å². The number of halogens is 2. The van der Waals surface area contributed by atoms with Crippen molar-refractivity contribution in [1.29, 1.82) is 0 Å². The van der Waals surface area contributed by atoms with Crippen molar-refractivity contribution in [3.8, 4) is 11.4 Å². The summed E-state index contributed by atoms with van der Waals surface area (Å²) < 4.78 is 27.9. The lowest BCUT2D eigenvalue weighted by Gasteiger charge is -2.13. The van der Waals surface area contributed by atoms with Crippen LogP contribution in [-0.4, -0.2) is 47.0 Å². The summed E-state index contributed by atoms with van der Waals surface area (Å²) in [6.45, 7) is 1.40. The SMILES string of the molecule is CN(C)CCNc1nc(Nc2c(F)cccc2F)cc(-c2ccccn2)n1. The van der Waals surface area contributed by atoms with Gasteiger partial charge < -0.3 is 15.5 Å². The number of anilines is 3. The molecule has 2 heterocycles. The zero-order chi connectivity index (χ0) is 19.2. The molecule has 0 aliphatic carbocycles. The first kappa shape index (κ1) is 18.7. The molecule has 0 unspecified atom stereocenters. The molecule has 0 atom stereocenters. The van der Waals surface area contributed by atoms with E-state index < -0.39 is 11.6 Å². The van der Waals surface area contributed by atoms with Crippen LogP contribution in [0.4, 0.5) is 26.2 Å². The number of nitrogens with zero attached hydrogens (tertiary/aromatic N) is 4. The summed E-state index contributed by atoms with van der Waals surface area (Å²) in [5.74, 6) is -0.786. The summed E-state index contributed by atoms with van der Waals surface area (Å²) in [5, 5.41) is 5.83. The van der Waals surface area contributed by atoms with Gasteiger partial charge in [0.05, 0.1) is 11.4 Å². The highest BCUT2D eigenvalue weighted by Crippen LogP contribution is 2.25. The van der Waals surface area contributed by atoms with Gasteiger partial charge in [0.15, 0.2) is 0 Å². The Morgan fingerprint density at radius 3 is 2.41 bits per heavy atom. The fraction of sp³-hybridized carbons (Fsp3) is 0.211. The molecule has 0 aliphatic heterocycles. The van der Waals surface area contributed by atoms with Gasteiger partial charge in [-0.05, 0) is 38.4 Å². The molecule has 0 radical (unpaired) electrons. The summed E-state index contributed by atoms with van der Waals surface area (Å²) >= 11 is 0. The number of likely N-dealkylation sites (N-methyl/N-ethyl adjacent to an activating group) is 1. The quantitative estimate of drug-likeness (QED) is 0.663. The van der Waals surface area contributed by atoms with Crippen LogP contribution in [0, 0.1) is 11.6 Å². The fourth-order valence-corrected chi connectivity index (χ4v) is 2.37. The normalized spacial score (nSPS) is 10.9. The first-order valence-corrected chi connectivity index (χ1v) is 8.43. The van der Waals surface area contributed by atoms with E-state index in [4.69, 9.17) is 0 Å². The number of hydrogen-bond acceptors (Lipinski definition) is 6. The molecule has 3 aromatic rings. The number of hydrogen-bond donors (Lipinski definition) is 2. The Hall–Kier alpha value is -3.13. The van der Waals surface area contributed by atoms with E-state index in [1.54, 1.807) is 24.4 Å². The largest absolute Gasteiger partial charge is 0.353 e. The molecule has 0 bridgehead atoms. The number of aromatic nitrogens is 3. The average Bonchev–Trinajstić information content (AvgIpc) is 2.65. The minimum Gasteiger partial charge on any atom is -0.353 e. The lowest BCUT2D eigenvalue weighted by atomic mass is 10.2. The zero-order valence-electron chi connectivity index (χ0n) is 15.1. The Kier molecular flexibility index (Phi) is 5.87. The molecule has 0 saturated carbocycles.